The number of anilines is 1. The van der Waals surface area contributed by atoms with Crippen LogP contribution in [0.15, 0.2) is 42.9 Å². The van der Waals surface area contributed by atoms with Crippen molar-refractivity contribution in [3.63, 3.8) is 0 Å². The second kappa shape index (κ2) is 4.10. The third kappa shape index (κ3) is 1.60. The van der Waals surface area contributed by atoms with Gasteiger partial charge in [0.1, 0.15) is 5.52 Å². The van der Waals surface area contributed by atoms with Crippen LogP contribution in [0.25, 0.3) is 11.2 Å². The summed E-state index contributed by atoms with van der Waals surface area (Å²) in [6, 6.07) is 7.75. The third-order valence-corrected chi connectivity index (χ3v) is 3.03. The zero-order valence-electron chi connectivity index (χ0n) is 9.99. The van der Waals surface area contributed by atoms with E-state index in [-0.39, 0.29) is 6.04 Å². The van der Waals surface area contributed by atoms with Crippen molar-refractivity contribution in [2.45, 2.75) is 13.0 Å². The number of nitrogens with two attached hydrogens (primary N) is 1. The fourth-order valence-electron chi connectivity index (χ4n) is 2.10. The summed E-state index contributed by atoms with van der Waals surface area (Å²) in [4.78, 5) is 12.8. The molecule has 0 spiro atoms. The number of rotatable bonds is 2. The minimum Gasteiger partial charge on any atom is -0.369 e. The largest absolute Gasteiger partial charge is 0.369 e. The Morgan fingerprint density at radius 1 is 1.22 bits per heavy atom. The third-order valence-electron chi connectivity index (χ3n) is 3.03. The lowest BCUT2D eigenvalue weighted by molar-refractivity contribution is 0.659. The number of imidazole rings is 1. The summed E-state index contributed by atoms with van der Waals surface area (Å²) in [6.07, 6.45) is 5.33. The molecule has 0 aliphatic rings. The predicted octanol–water partition coefficient (Wildman–Crippen LogP) is 2.02. The molecule has 0 radical (unpaired) electrons. The van der Waals surface area contributed by atoms with E-state index in [1.807, 2.05) is 35.0 Å². The van der Waals surface area contributed by atoms with Gasteiger partial charge in [0.05, 0.1) is 6.04 Å². The Balaban J connectivity index is 2.17. The summed E-state index contributed by atoms with van der Waals surface area (Å²) in [5.41, 5.74) is 8.67. The Labute approximate surface area is 104 Å². The second-order valence-electron chi connectivity index (χ2n) is 4.15. The maximum Gasteiger partial charge on any atom is 0.203 e. The summed E-state index contributed by atoms with van der Waals surface area (Å²) in [5, 5.41) is 0. The number of hydrogen-bond acceptors (Lipinski definition) is 4. The van der Waals surface area contributed by atoms with Crippen LogP contribution in [0, 0.1) is 0 Å². The highest BCUT2D eigenvalue weighted by atomic mass is 15.2. The van der Waals surface area contributed by atoms with Crippen LogP contribution < -0.4 is 5.73 Å². The van der Waals surface area contributed by atoms with Gasteiger partial charge in [-0.3, -0.25) is 9.55 Å². The van der Waals surface area contributed by atoms with Crippen LogP contribution in [0.5, 0.6) is 0 Å². The Bertz CT molecular complexity index is 674. The minimum absolute atomic E-state index is 0.0543. The highest BCUT2D eigenvalue weighted by Crippen LogP contribution is 2.25. The summed E-state index contributed by atoms with van der Waals surface area (Å²) < 4.78 is 1.92. The minimum atomic E-state index is 0.0543. The van der Waals surface area contributed by atoms with E-state index in [4.69, 9.17) is 5.73 Å². The first-order chi connectivity index (χ1) is 8.77. The number of fused-ring (bicyclic) bond motifs is 1. The lowest BCUT2D eigenvalue weighted by atomic mass is 10.1. The highest BCUT2D eigenvalue weighted by Gasteiger charge is 2.16. The van der Waals surface area contributed by atoms with Gasteiger partial charge in [-0.05, 0) is 30.7 Å². The molecule has 0 saturated heterocycles. The molecule has 18 heavy (non-hydrogen) atoms. The van der Waals surface area contributed by atoms with E-state index in [0.717, 1.165) is 16.7 Å². The van der Waals surface area contributed by atoms with Crippen molar-refractivity contribution in [2.75, 3.05) is 5.73 Å². The molecule has 5 heteroatoms. The average Bonchev–Trinajstić information content (AvgIpc) is 2.75. The average molecular weight is 239 g/mol. The lowest BCUT2D eigenvalue weighted by Crippen LogP contribution is -2.10. The maximum atomic E-state index is 5.98. The van der Waals surface area contributed by atoms with E-state index >= 15 is 0 Å². The zero-order chi connectivity index (χ0) is 12.5. The molecule has 0 fully saturated rings. The first kappa shape index (κ1) is 10.7. The number of nitrogens with zero attached hydrogens (tertiary/aromatic N) is 4. The van der Waals surface area contributed by atoms with Gasteiger partial charge in [-0.2, -0.15) is 0 Å². The zero-order valence-corrected chi connectivity index (χ0v) is 9.99. The van der Waals surface area contributed by atoms with Crippen LogP contribution >= 0.6 is 0 Å². The van der Waals surface area contributed by atoms with Crippen molar-refractivity contribution in [3.05, 3.63) is 48.4 Å². The quantitative estimate of drug-likeness (QED) is 0.742. The fraction of sp³-hybridized carbons (Fsp3) is 0.154. The van der Waals surface area contributed by atoms with Crippen LogP contribution in [-0.2, 0) is 0 Å². The van der Waals surface area contributed by atoms with Gasteiger partial charge in [-0.25, -0.2) is 9.97 Å². The molecule has 0 amide bonds. The summed E-state index contributed by atoms with van der Waals surface area (Å²) in [7, 11) is 0. The first-order valence-electron chi connectivity index (χ1n) is 5.75. The highest BCUT2D eigenvalue weighted by molar-refractivity contribution is 5.74. The van der Waals surface area contributed by atoms with Crippen molar-refractivity contribution < 1.29 is 0 Å². The summed E-state index contributed by atoms with van der Waals surface area (Å²) in [5.74, 6) is 0.472. The van der Waals surface area contributed by atoms with E-state index in [1.165, 1.54) is 0 Å². The normalized spacial score (nSPS) is 12.7. The van der Waals surface area contributed by atoms with Crippen molar-refractivity contribution in [1.82, 2.24) is 19.5 Å². The van der Waals surface area contributed by atoms with E-state index < -0.39 is 0 Å². The lowest BCUT2D eigenvalue weighted by Gasteiger charge is -2.15. The molecule has 1 unspecified atom stereocenters. The predicted molar refractivity (Wildman–Crippen MR) is 70.0 cm³/mol. The van der Waals surface area contributed by atoms with Gasteiger partial charge in [0.15, 0.2) is 5.65 Å². The van der Waals surface area contributed by atoms with Gasteiger partial charge in [0.25, 0.3) is 0 Å². The van der Waals surface area contributed by atoms with Gasteiger partial charge in [0, 0.05) is 18.6 Å². The number of nitrogen functional groups attached to an aromatic ring is 1. The molecule has 3 rings (SSSR count). The smallest absolute Gasteiger partial charge is 0.203 e. The van der Waals surface area contributed by atoms with Crippen molar-refractivity contribution >= 4 is 17.1 Å². The molecule has 0 aliphatic heterocycles. The van der Waals surface area contributed by atoms with E-state index in [0.29, 0.717) is 5.95 Å². The molecule has 0 bridgehead atoms. The molecule has 3 aromatic heterocycles. The second-order valence-corrected chi connectivity index (χ2v) is 4.15. The fourth-order valence-corrected chi connectivity index (χ4v) is 2.10. The molecule has 0 saturated carbocycles. The van der Waals surface area contributed by atoms with E-state index in [9.17, 15) is 0 Å². The summed E-state index contributed by atoms with van der Waals surface area (Å²) in [6.45, 7) is 2.06. The molecule has 0 aliphatic carbocycles. The van der Waals surface area contributed by atoms with Crippen LogP contribution in [0.4, 0.5) is 5.95 Å². The van der Waals surface area contributed by atoms with Crippen molar-refractivity contribution in [1.29, 1.82) is 0 Å². The monoisotopic (exact) mass is 239 g/mol. The molecule has 5 nitrogen and oxygen atoms in total. The van der Waals surface area contributed by atoms with Gasteiger partial charge in [-0.15, -0.1) is 0 Å². The van der Waals surface area contributed by atoms with Crippen molar-refractivity contribution in [3.8, 4) is 0 Å². The topological polar surface area (TPSA) is 69.6 Å². The molecule has 3 heterocycles. The van der Waals surface area contributed by atoms with Crippen molar-refractivity contribution in [2.24, 2.45) is 0 Å². The van der Waals surface area contributed by atoms with Gasteiger partial charge in [0.2, 0.25) is 5.95 Å². The molecule has 2 N–H and O–H groups in total. The van der Waals surface area contributed by atoms with Crippen LogP contribution in [0.1, 0.15) is 18.5 Å². The van der Waals surface area contributed by atoms with E-state index in [1.54, 1.807) is 12.4 Å². The Hall–Kier alpha value is -2.43. The van der Waals surface area contributed by atoms with Crippen LogP contribution in [0.2, 0.25) is 0 Å². The Morgan fingerprint density at radius 2 is 2.06 bits per heavy atom. The molecule has 0 aromatic carbocycles. The molecular weight excluding hydrogens is 226 g/mol. The SMILES string of the molecule is CC(c1cccnc1)n1c(N)nc2cccnc21. The van der Waals surface area contributed by atoms with Gasteiger partial charge in [-0.1, -0.05) is 6.07 Å². The molecule has 90 valence electrons. The summed E-state index contributed by atoms with van der Waals surface area (Å²) >= 11 is 0. The number of aromatic nitrogens is 4. The van der Waals surface area contributed by atoms with Crippen LogP contribution in [-0.4, -0.2) is 19.5 Å². The van der Waals surface area contributed by atoms with Gasteiger partial charge >= 0.3 is 0 Å². The first-order valence-corrected chi connectivity index (χ1v) is 5.75. The Morgan fingerprint density at radius 3 is 2.83 bits per heavy atom. The van der Waals surface area contributed by atoms with Crippen LogP contribution in [0.3, 0.4) is 0 Å². The standard InChI is InChI=1S/C13H13N5/c1-9(10-4-2-6-15-8-10)18-12-11(17-13(18)14)5-3-7-16-12/h2-9H,1H3,(H2,14,17). The maximum absolute atomic E-state index is 5.98. The van der Waals surface area contributed by atoms with Gasteiger partial charge < -0.3 is 5.73 Å². The number of pyridine rings is 2. The number of hydrogen-bond donors (Lipinski definition) is 1. The van der Waals surface area contributed by atoms with E-state index in [2.05, 4.69) is 21.9 Å². The molecule has 3 aromatic rings. The molecule has 1 atom stereocenters. The molecular formula is C13H13N5. The Kier molecular flexibility index (Phi) is 2.44.